The summed E-state index contributed by atoms with van der Waals surface area (Å²) < 4.78 is 11.1. The molecular formula is C39H34N2O2. The van der Waals surface area contributed by atoms with Gasteiger partial charge in [-0.2, -0.15) is 0 Å². The quantitative estimate of drug-likeness (QED) is 0.175. The predicted molar refractivity (Wildman–Crippen MR) is 179 cm³/mol. The normalized spacial score (nSPS) is 10.7. The van der Waals surface area contributed by atoms with Gasteiger partial charge in [0.15, 0.2) is 0 Å². The zero-order valence-corrected chi connectivity index (χ0v) is 24.6. The van der Waals surface area contributed by atoms with Crippen molar-refractivity contribution in [3.63, 3.8) is 0 Å². The molecular weight excluding hydrogens is 528 g/mol. The van der Waals surface area contributed by atoms with Gasteiger partial charge in [0.05, 0.1) is 14.2 Å². The minimum absolute atomic E-state index is 0.823. The first-order valence-corrected chi connectivity index (χ1v) is 14.3. The molecule has 0 saturated heterocycles. The Balaban J connectivity index is 1.35. The highest BCUT2D eigenvalue weighted by Crippen LogP contribution is 2.40. The summed E-state index contributed by atoms with van der Waals surface area (Å²) in [6.07, 6.45) is 0. The first kappa shape index (κ1) is 27.7. The summed E-state index contributed by atoms with van der Waals surface area (Å²) in [5.41, 5.74) is 9.95. The molecule has 0 spiro atoms. The van der Waals surface area contributed by atoms with E-state index in [-0.39, 0.29) is 0 Å². The van der Waals surface area contributed by atoms with Gasteiger partial charge in [0.2, 0.25) is 0 Å². The zero-order valence-electron chi connectivity index (χ0n) is 24.6. The van der Waals surface area contributed by atoms with E-state index < -0.39 is 0 Å². The highest BCUT2D eigenvalue weighted by atomic mass is 16.5. The average Bonchev–Trinajstić information content (AvgIpc) is 3.07. The van der Waals surface area contributed by atoms with Crippen molar-refractivity contribution < 1.29 is 9.47 Å². The molecule has 0 aliphatic carbocycles. The maximum Gasteiger partial charge on any atom is 0.120 e. The summed E-state index contributed by atoms with van der Waals surface area (Å²) in [5, 5.41) is 0. The number of para-hydroxylation sites is 2. The lowest BCUT2D eigenvalue weighted by Crippen LogP contribution is -2.11. The van der Waals surface area contributed by atoms with Gasteiger partial charge in [-0.1, -0.05) is 66.7 Å². The SMILES string of the molecule is COc1cccc(N(c2ccccc2)c2ccc(-c3ccc(N(c4ccccc4)c4cccc(OC)c4)c(C)c3)cc2)c1. The number of methoxy groups -OCH3 is 2. The predicted octanol–water partition coefficient (Wildman–Crippen LogP) is 10.6. The molecule has 4 heteroatoms. The van der Waals surface area contributed by atoms with Crippen LogP contribution in [0.1, 0.15) is 5.56 Å². The second kappa shape index (κ2) is 12.6. The zero-order chi connectivity index (χ0) is 29.6. The fourth-order valence-electron chi connectivity index (χ4n) is 5.42. The lowest BCUT2D eigenvalue weighted by Gasteiger charge is -2.28. The molecule has 6 aromatic carbocycles. The maximum atomic E-state index is 5.54. The topological polar surface area (TPSA) is 24.9 Å². The van der Waals surface area contributed by atoms with E-state index in [1.165, 1.54) is 11.1 Å². The molecule has 0 fully saturated rings. The van der Waals surface area contributed by atoms with E-state index in [1.807, 2.05) is 36.4 Å². The number of hydrogen-bond donors (Lipinski definition) is 0. The molecule has 0 bridgehead atoms. The number of aryl methyl sites for hydroxylation is 1. The smallest absolute Gasteiger partial charge is 0.120 e. The summed E-state index contributed by atoms with van der Waals surface area (Å²) in [4.78, 5) is 4.52. The van der Waals surface area contributed by atoms with Gasteiger partial charge in [0, 0.05) is 46.3 Å². The Labute approximate surface area is 254 Å². The molecule has 0 aliphatic heterocycles. The van der Waals surface area contributed by atoms with Crippen molar-refractivity contribution in [2.45, 2.75) is 6.92 Å². The van der Waals surface area contributed by atoms with Gasteiger partial charge in [-0.15, -0.1) is 0 Å². The van der Waals surface area contributed by atoms with Crippen LogP contribution in [-0.2, 0) is 0 Å². The third kappa shape index (κ3) is 5.95. The minimum Gasteiger partial charge on any atom is -0.497 e. The summed E-state index contributed by atoms with van der Waals surface area (Å²) in [6, 6.07) is 52.6. The molecule has 43 heavy (non-hydrogen) atoms. The number of hydrogen-bond acceptors (Lipinski definition) is 4. The molecule has 212 valence electrons. The van der Waals surface area contributed by atoms with Crippen LogP contribution in [0.4, 0.5) is 34.1 Å². The molecule has 0 saturated carbocycles. The Morgan fingerprint density at radius 3 is 1.40 bits per heavy atom. The maximum absolute atomic E-state index is 5.54. The monoisotopic (exact) mass is 562 g/mol. The second-order valence-electron chi connectivity index (χ2n) is 10.3. The van der Waals surface area contributed by atoms with E-state index in [9.17, 15) is 0 Å². The van der Waals surface area contributed by atoms with Crippen LogP contribution in [0.25, 0.3) is 11.1 Å². The highest BCUT2D eigenvalue weighted by Gasteiger charge is 2.17. The van der Waals surface area contributed by atoms with Crippen molar-refractivity contribution in [3.8, 4) is 22.6 Å². The Morgan fingerprint density at radius 1 is 0.395 bits per heavy atom. The third-order valence-corrected chi connectivity index (χ3v) is 7.55. The number of benzene rings is 6. The van der Waals surface area contributed by atoms with E-state index in [4.69, 9.17) is 9.47 Å². The van der Waals surface area contributed by atoms with Gasteiger partial charge in [-0.05, 0) is 96.4 Å². The summed E-state index contributed by atoms with van der Waals surface area (Å²) in [5.74, 6) is 1.65. The highest BCUT2D eigenvalue weighted by molar-refractivity contribution is 5.82. The fourth-order valence-corrected chi connectivity index (χ4v) is 5.42. The van der Waals surface area contributed by atoms with E-state index in [2.05, 4.69) is 132 Å². The standard InChI is InChI=1S/C39H34N2O2/c1-29-26-31(22-25-39(29)41(33-14-8-5-9-15-33)36-17-11-19-38(28-36)43-3)30-20-23-34(24-21-30)40(32-12-6-4-7-13-32)35-16-10-18-37(27-35)42-2/h4-28H,1-3H3. The van der Waals surface area contributed by atoms with E-state index >= 15 is 0 Å². The van der Waals surface area contributed by atoms with Crippen LogP contribution in [-0.4, -0.2) is 14.2 Å². The first-order chi connectivity index (χ1) is 21.1. The molecule has 0 atom stereocenters. The third-order valence-electron chi connectivity index (χ3n) is 7.55. The molecule has 4 nitrogen and oxygen atoms in total. The minimum atomic E-state index is 0.823. The molecule has 6 rings (SSSR count). The van der Waals surface area contributed by atoms with Crippen molar-refractivity contribution in [1.82, 2.24) is 0 Å². The molecule has 0 N–H and O–H groups in total. The van der Waals surface area contributed by atoms with Crippen LogP contribution in [0.15, 0.2) is 152 Å². The molecule has 0 unspecified atom stereocenters. The van der Waals surface area contributed by atoms with Crippen LogP contribution in [0.3, 0.4) is 0 Å². The van der Waals surface area contributed by atoms with Gasteiger partial charge < -0.3 is 19.3 Å². The molecule has 0 heterocycles. The van der Waals surface area contributed by atoms with Gasteiger partial charge >= 0.3 is 0 Å². The lowest BCUT2D eigenvalue weighted by atomic mass is 10.0. The Hall–Kier alpha value is -5.48. The summed E-state index contributed by atoms with van der Waals surface area (Å²) >= 11 is 0. The van der Waals surface area contributed by atoms with Crippen LogP contribution in [0.5, 0.6) is 11.5 Å². The van der Waals surface area contributed by atoms with Gasteiger partial charge in [0.1, 0.15) is 11.5 Å². The van der Waals surface area contributed by atoms with Gasteiger partial charge in [0.25, 0.3) is 0 Å². The molecule has 0 radical (unpaired) electrons. The van der Waals surface area contributed by atoms with Crippen LogP contribution in [0.2, 0.25) is 0 Å². The molecule has 6 aromatic rings. The van der Waals surface area contributed by atoms with Gasteiger partial charge in [-0.3, -0.25) is 0 Å². The summed E-state index contributed by atoms with van der Waals surface area (Å²) in [6.45, 7) is 2.17. The fraction of sp³-hybridized carbons (Fsp3) is 0.0769. The number of ether oxygens (including phenoxy) is 2. The van der Waals surface area contributed by atoms with Crippen LogP contribution < -0.4 is 19.3 Å². The van der Waals surface area contributed by atoms with Crippen molar-refractivity contribution in [2.75, 3.05) is 24.0 Å². The largest absolute Gasteiger partial charge is 0.497 e. The van der Waals surface area contributed by atoms with E-state index in [1.54, 1.807) is 14.2 Å². The Kier molecular flexibility index (Phi) is 8.10. The van der Waals surface area contributed by atoms with Gasteiger partial charge in [-0.25, -0.2) is 0 Å². The van der Waals surface area contributed by atoms with Crippen molar-refractivity contribution in [2.24, 2.45) is 0 Å². The second-order valence-corrected chi connectivity index (χ2v) is 10.3. The Morgan fingerprint density at radius 2 is 0.860 bits per heavy atom. The number of nitrogens with zero attached hydrogens (tertiary/aromatic N) is 2. The van der Waals surface area contributed by atoms with Crippen molar-refractivity contribution in [3.05, 3.63) is 157 Å². The molecule has 0 amide bonds. The van der Waals surface area contributed by atoms with Crippen molar-refractivity contribution in [1.29, 1.82) is 0 Å². The van der Waals surface area contributed by atoms with Crippen LogP contribution >= 0.6 is 0 Å². The summed E-state index contributed by atoms with van der Waals surface area (Å²) in [7, 11) is 3.40. The molecule has 0 aliphatic rings. The lowest BCUT2D eigenvalue weighted by molar-refractivity contribution is 0.415. The van der Waals surface area contributed by atoms with E-state index in [0.717, 1.165) is 51.2 Å². The first-order valence-electron chi connectivity index (χ1n) is 14.3. The molecule has 0 aromatic heterocycles. The van der Waals surface area contributed by atoms with Crippen molar-refractivity contribution >= 4 is 34.1 Å². The number of rotatable bonds is 9. The number of anilines is 6. The average molecular weight is 563 g/mol. The Bertz CT molecular complexity index is 1800. The van der Waals surface area contributed by atoms with Crippen LogP contribution in [0, 0.1) is 6.92 Å². The van der Waals surface area contributed by atoms with E-state index in [0.29, 0.717) is 0 Å².